The molecule has 0 unspecified atom stereocenters. The molecule has 0 amide bonds. The summed E-state index contributed by atoms with van der Waals surface area (Å²) in [6.07, 6.45) is 1.07. The molecule has 0 saturated heterocycles. The Bertz CT molecular complexity index is 103. The van der Waals surface area contributed by atoms with Gasteiger partial charge in [-0.2, -0.15) is 0 Å². The molecule has 0 radical (unpaired) electrons. The highest BCUT2D eigenvalue weighted by atomic mass is 32.1. The van der Waals surface area contributed by atoms with E-state index in [2.05, 4.69) is 22.4 Å². The summed E-state index contributed by atoms with van der Waals surface area (Å²) in [5.74, 6) is 0. The van der Waals surface area contributed by atoms with Gasteiger partial charge in [0.1, 0.15) is 0 Å². The first-order valence-corrected chi connectivity index (χ1v) is 3.72. The third-order valence-electron chi connectivity index (χ3n) is 1.08. The van der Waals surface area contributed by atoms with Gasteiger partial charge in [0, 0.05) is 6.54 Å². The minimum atomic E-state index is 0.388. The Morgan fingerprint density at radius 1 is 1.60 bits per heavy atom. The zero-order valence-electron chi connectivity index (χ0n) is 6.55. The maximum atomic E-state index is 5.22. The molecule has 0 heterocycles. The Morgan fingerprint density at radius 3 is 2.60 bits per heavy atom. The zero-order valence-corrected chi connectivity index (χ0v) is 7.37. The predicted molar refractivity (Wildman–Crippen MR) is 48.0 cm³/mol. The Balaban J connectivity index is 2.98. The number of hydrogen-bond acceptors (Lipinski definition) is 2. The molecule has 0 aromatic carbocycles. The largest absolute Gasteiger partial charge is 0.376 e. The standard InChI is InChI=1S/C6H15N3S/c1-9(2)5-3-4-8-6(7)10/h3-5H2,1-2H3,(H3,7,8,10). The fourth-order valence-corrected chi connectivity index (χ4v) is 0.709. The SMILES string of the molecule is CN(C)CCCNC(N)=S. The van der Waals surface area contributed by atoms with Crippen molar-refractivity contribution in [1.82, 2.24) is 10.2 Å². The highest BCUT2D eigenvalue weighted by molar-refractivity contribution is 7.80. The minimum absolute atomic E-state index is 0.388. The second-order valence-corrected chi connectivity index (χ2v) is 2.89. The second-order valence-electron chi connectivity index (χ2n) is 2.45. The summed E-state index contributed by atoms with van der Waals surface area (Å²) in [4.78, 5) is 2.13. The van der Waals surface area contributed by atoms with Crippen LogP contribution in [0.15, 0.2) is 0 Å². The van der Waals surface area contributed by atoms with Crippen molar-refractivity contribution in [3.63, 3.8) is 0 Å². The molecule has 0 aromatic heterocycles. The summed E-state index contributed by atoms with van der Waals surface area (Å²) < 4.78 is 0. The van der Waals surface area contributed by atoms with E-state index in [1.54, 1.807) is 0 Å². The average molecular weight is 161 g/mol. The van der Waals surface area contributed by atoms with Gasteiger partial charge in [0.15, 0.2) is 5.11 Å². The van der Waals surface area contributed by atoms with Gasteiger partial charge in [-0.15, -0.1) is 0 Å². The predicted octanol–water partition coefficient (Wildman–Crippen LogP) is -0.229. The van der Waals surface area contributed by atoms with Gasteiger partial charge in [0.05, 0.1) is 0 Å². The normalized spacial score (nSPS) is 9.90. The van der Waals surface area contributed by atoms with Crippen molar-refractivity contribution in [1.29, 1.82) is 0 Å². The molecular weight excluding hydrogens is 146 g/mol. The van der Waals surface area contributed by atoms with E-state index in [4.69, 9.17) is 5.73 Å². The van der Waals surface area contributed by atoms with Gasteiger partial charge in [0.25, 0.3) is 0 Å². The summed E-state index contributed by atoms with van der Waals surface area (Å²) >= 11 is 4.63. The summed E-state index contributed by atoms with van der Waals surface area (Å²) in [5.41, 5.74) is 5.22. The van der Waals surface area contributed by atoms with Gasteiger partial charge in [-0.05, 0) is 39.3 Å². The second kappa shape index (κ2) is 5.44. The number of nitrogens with two attached hydrogens (primary N) is 1. The molecule has 3 N–H and O–H groups in total. The number of hydrogen-bond donors (Lipinski definition) is 2. The van der Waals surface area contributed by atoms with Crippen molar-refractivity contribution in [2.24, 2.45) is 5.73 Å². The Kier molecular flexibility index (Phi) is 5.25. The molecule has 0 aliphatic rings. The highest BCUT2D eigenvalue weighted by Crippen LogP contribution is 1.79. The summed E-state index contributed by atoms with van der Waals surface area (Å²) in [5, 5.41) is 3.27. The molecular formula is C6H15N3S. The minimum Gasteiger partial charge on any atom is -0.376 e. The maximum absolute atomic E-state index is 5.22. The smallest absolute Gasteiger partial charge is 0.163 e. The molecule has 0 saturated carbocycles. The van der Waals surface area contributed by atoms with Gasteiger partial charge in [-0.1, -0.05) is 0 Å². The Morgan fingerprint density at radius 2 is 2.20 bits per heavy atom. The topological polar surface area (TPSA) is 41.3 Å². The Hall–Kier alpha value is -0.350. The number of nitrogens with one attached hydrogen (secondary N) is 1. The van der Waals surface area contributed by atoms with E-state index in [1.165, 1.54) is 0 Å². The molecule has 0 rings (SSSR count). The lowest BCUT2D eigenvalue weighted by atomic mass is 10.4. The summed E-state index contributed by atoms with van der Waals surface area (Å²) in [7, 11) is 4.08. The fourth-order valence-electron chi connectivity index (χ4n) is 0.607. The zero-order chi connectivity index (χ0) is 7.98. The summed E-state index contributed by atoms with van der Waals surface area (Å²) in [6.45, 7) is 1.93. The van der Waals surface area contributed by atoms with Crippen molar-refractivity contribution in [3.05, 3.63) is 0 Å². The highest BCUT2D eigenvalue weighted by Gasteiger charge is 1.89. The molecule has 3 nitrogen and oxygen atoms in total. The van der Waals surface area contributed by atoms with E-state index in [1.807, 2.05) is 14.1 Å². The van der Waals surface area contributed by atoms with Crippen LogP contribution in [0.5, 0.6) is 0 Å². The van der Waals surface area contributed by atoms with Crippen molar-refractivity contribution in [2.45, 2.75) is 6.42 Å². The van der Waals surface area contributed by atoms with Crippen LogP contribution in [0.4, 0.5) is 0 Å². The third-order valence-corrected chi connectivity index (χ3v) is 1.23. The maximum Gasteiger partial charge on any atom is 0.163 e. The van der Waals surface area contributed by atoms with E-state index in [0.717, 1.165) is 19.5 Å². The molecule has 0 aliphatic heterocycles. The van der Waals surface area contributed by atoms with Crippen LogP contribution in [-0.2, 0) is 0 Å². The molecule has 10 heavy (non-hydrogen) atoms. The van der Waals surface area contributed by atoms with Crippen LogP contribution < -0.4 is 11.1 Å². The number of thiocarbonyl (C=S) groups is 1. The fraction of sp³-hybridized carbons (Fsp3) is 0.833. The van der Waals surface area contributed by atoms with Crippen LogP contribution in [0, 0.1) is 0 Å². The molecule has 0 fully saturated rings. The van der Waals surface area contributed by atoms with Gasteiger partial charge in [-0.25, -0.2) is 0 Å². The monoisotopic (exact) mass is 161 g/mol. The van der Waals surface area contributed by atoms with Crippen LogP contribution in [0.25, 0.3) is 0 Å². The molecule has 60 valence electrons. The van der Waals surface area contributed by atoms with Crippen molar-refractivity contribution < 1.29 is 0 Å². The van der Waals surface area contributed by atoms with Gasteiger partial charge in [0.2, 0.25) is 0 Å². The van der Waals surface area contributed by atoms with Crippen LogP contribution in [0.2, 0.25) is 0 Å². The molecule has 0 atom stereocenters. The van der Waals surface area contributed by atoms with Crippen LogP contribution in [0.1, 0.15) is 6.42 Å². The third kappa shape index (κ3) is 7.65. The van der Waals surface area contributed by atoms with Crippen LogP contribution in [-0.4, -0.2) is 37.2 Å². The number of nitrogens with zero attached hydrogens (tertiary/aromatic N) is 1. The van der Waals surface area contributed by atoms with E-state index in [-0.39, 0.29) is 0 Å². The van der Waals surface area contributed by atoms with Crippen LogP contribution >= 0.6 is 12.2 Å². The Labute approximate surface area is 67.6 Å². The average Bonchev–Trinajstić information content (AvgIpc) is 1.79. The molecule has 0 aromatic rings. The first-order chi connectivity index (χ1) is 4.63. The first-order valence-electron chi connectivity index (χ1n) is 3.31. The molecule has 4 heteroatoms. The van der Waals surface area contributed by atoms with E-state index >= 15 is 0 Å². The lowest BCUT2D eigenvalue weighted by molar-refractivity contribution is 0.400. The lowest BCUT2D eigenvalue weighted by Gasteiger charge is -2.09. The van der Waals surface area contributed by atoms with Crippen molar-refractivity contribution in [3.8, 4) is 0 Å². The van der Waals surface area contributed by atoms with Gasteiger partial charge >= 0.3 is 0 Å². The van der Waals surface area contributed by atoms with Crippen LogP contribution in [0.3, 0.4) is 0 Å². The number of rotatable bonds is 4. The van der Waals surface area contributed by atoms with E-state index < -0.39 is 0 Å². The van der Waals surface area contributed by atoms with Crippen molar-refractivity contribution in [2.75, 3.05) is 27.2 Å². The summed E-state index contributed by atoms with van der Waals surface area (Å²) in [6, 6.07) is 0. The van der Waals surface area contributed by atoms with E-state index in [9.17, 15) is 0 Å². The molecule has 0 aliphatic carbocycles. The van der Waals surface area contributed by atoms with E-state index in [0.29, 0.717) is 5.11 Å². The molecule has 0 bridgehead atoms. The lowest BCUT2D eigenvalue weighted by Crippen LogP contribution is -2.31. The van der Waals surface area contributed by atoms with Crippen molar-refractivity contribution >= 4 is 17.3 Å². The quantitative estimate of drug-likeness (QED) is 0.441. The molecule has 0 spiro atoms. The van der Waals surface area contributed by atoms with Gasteiger partial charge < -0.3 is 16.0 Å². The van der Waals surface area contributed by atoms with Gasteiger partial charge in [-0.3, -0.25) is 0 Å². The first kappa shape index (κ1) is 9.65.